The third kappa shape index (κ3) is 2.72. The Morgan fingerprint density at radius 3 is 2.96 bits per heavy atom. The van der Waals surface area contributed by atoms with Crippen LogP contribution in [-0.2, 0) is 11.2 Å². The zero-order chi connectivity index (χ0) is 19.1. The molecule has 1 amide bonds. The van der Waals surface area contributed by atoms with Crippen molar-refractivity contribution in [3.63, 3.8) is 0 Å². The van der Waals surface area contributed by atoms with E-state index >= 15 is 0 Å². The molecule has 28 heavy (non-hydrogen) atoms. The summed E-state index contributed by atoms with van der Waals surface area (Å²) in [6.07, 6.45) is 4.11. The van der Waals surface area contributed by atoms with Gasteiger partial charge in [-0.2, -0.15) is 5.10 Å². The number of nitrogens with one attached hydrogen (secondary N) is 3. The van der Waals surface area contributed by atoms with Gasteiger partial charge < -0.3 is 15.4 Å². The molecule has 0 fully saturated rings. The molecular formula is C21H19N5O2. The van der Waals surface area contributed by atoms with Crippen LogP contribution in [0.15, 0.2) is 42.6 Å². The van der Waals surface area contributed by atoms with E-state index in [1.54, 1.807) is 13.3 Å². The molecule has 1 aliphatic rings. The molecule has 4 aromatic rings. The van der Waals surface area contributed by atoms with Crippen LogP contribution in [0.4, 0.5) is 17.2 Å². The predicted octanol–water partition coefficient (Wildman–Crippen LogP) is 4.14. The van der Waals surface area contributed by atoms with Crippen LogP contribution in [0.25, 0.3) is 21.8 Å². The van der Waals surface area contributed by atoms with E-state index in [1.807, 2.05) is 30.3 Å². The molecule has 0 unspecified atom stereocenters. The molecule has 1 aliphatic heterocycles. The predicted molar refractivity (Wildman–Crippen MR) is 109 cm³/mol. The maximum Gasteiger partial charge on any atom is 0.224 e. The van der Waals surface area contributed by atoms with Gasteiger partial charge in [0.15, 0.2) is 5.82 Å². The van der Waals surface area contributed by atoms with Crippen molar-refractivity contribution in [1.82, 2.24) is 15.2 Å². The van der Waals surface area contributed by atoms with Gasteiger partial charge in [0.05, 0.1) is 13.3 Å². The number of aryl methyl sites for hydroxylation is 1. The summed E-state index contributed by atoms with van der Waals surface area (Å²) in [5, 5.41) is 15.5. The fraction of sp³-hybridized carbons (Fsp3) is 0.190. The normalized spacial score (nSPS) is 13.8. The molecule has 0 radical (unpaired) electrons. The van der Waals surface area contributed by atoms with Crippen LogP contribution in [0.2, 0.25) is 0 Å². The topological polar surface area (TPSA) is 91.9 Å². The highest BCUT2D eigenvalue weighted by atomic mass is 16.5. The minimum atomic E-state index is 0.0559. The second-order valence-corrected chi connectivity index (χ2v) is 6.87. The highest BCUT2D eigenvalue weighted by molar-refractivity contribution is 6.10. The minimum Gasteiger partial charge on any atom is -0.494 e. The molecular weight excluding hydrogens is 354 g/mol. The number of aromatic amines is 1. The standard InChI is InChI=1S/C21H19N5O2/c1-28-17-6-3-5-14-15-11-22-26-20(15)21(25-19(14)17)23-13-9-8-12-4-2-7-18(27)24-16(12)10-13/h3,5-6,8-11H,2,4,7H2,1H3,(H,22,26)(H,23,25)(H,24,27). The van der Waals surface area contributed by atoms with E-state index in [2.05, 4.69) is 26.9 Å². The van der Waals surface area contributed by atoms with Crippen molar-refractivity contribution in [2.75, 3.05) is 17.7 Å². The number of pyridine rings is 1. The molecule has 0 bridgehead atoms. The number of nitrogens with zero attached hydrogens (tertiary/aromatic N) is 2. The van der Waals surface area contributed by atoms with Gasteiger partial charge in [-0.05, 0) is 36.6 Å². The zero-order valence-electron chi connectivity index (χ0n) is 15.4. The second-order valence-electron chi connectivity index (χ2n) is 6.87. The number of hydrogen-bond donors (Lipinski definition) is 3. The van der Waals surface area contributed by atoms with Crippen LogP contribution in [-0.4, -0.2) is 28.2 Å². The summed E-state index contributed by atoms with van der Waals surface area (Å²) in [5.74, 6) is 1.42. The number of methoxy groups -OCH3 is 1. The number of carbonyl (C=O) groups is 1. The van der Waals surface area contributed by atoms with Gasteiger partial charge in [-0.25, -0.2) is 4.98 Å². The maximum absolute atomic E-state index is 11.9. The van der Waals surface area contributed by atoms with E-state index in [0.29, 0.717) is 18.0 Å². The van der Waals surface area contributed by atoms with Crippen LogP contribution in [0, 0.1) is 0 Å². The van der Waals surface area contributed by atoms with Gasteiger partial charge in [0.25, 0.3) is 0 Å². The van der Waals surface area contributed by atoms with Crippen molar-refractivity contribution in [2.24, 2.45) is 0 Å². The number of para-hydroxylation sites is 1. The van der Waals surface area contributed by atoms with E-state index < -0.39 is 0 Å². The first-order valence-electron chi connectivity index (χ1n) is 9.22. The Bertz CT molecular complexity index is 1210. The summed E-state index contributed by atoms with van der Waals surface area (Å²) >= 11 is 0. The molecule has 7 heteroatoms. The summed E-state index contributed by atoms with van der Waals surface area (Å²) in [5.41, 5.74) is 4.44. The summed E-state index contributed by atoms with van der Waals surface area (Å²) in [6, 6.07) is 11.8. The molecule has 5 rings (SSSR count). The molecule has 0 spiro atoms. The number of hydrogen-bond acceptors (Lipinski definition) is 5. The van der Waals surface area contributed by atoms with Crippen LogP contribution in [0.5, 0.6) is 5.75 Å². The lowest BCUT2D eigenvalue weighted by atomic mass is 10.1. The zero-order valence-corrected chi connectivity index (χ0v) is 15.4. The van der Waals surface area contributed by atoms with Gasteiger partial charge in [-0.3, -0.25) is 9.89 Å². The summed E-state index contributed by atoms with van der Waals surface area (Å²) < 4.78 is 5.49. The number of benzene rings is 2. The first-order chi connectivity index (χ1) is 13.7. The smallest absolute Gasteiger partial charge is 0.224 e. The van der Waals surface area contributed by atoms with Gasteiger partial charge in [0.1, 0.15) is 16.8 Å². The van der Waals surface area contributed by atoms with Gasteiger partial charge in [0, 0.05) is 28.6 Å². The molecule has 3 heterocycles. The van der Waals surface area contributed by atoms with Crippen LogP contribution in [0.3, 0.4) is 0 Å². The average Bonchev–Trinajstić information content (AvgIpc) is 3.12. The third-order valence-corrected chi connectivity index (χ3v) is 5.11. The first kappa shape index (κ1) is 16.6. The maximum atomic E-state index is 11.9. The number of ether oxygens (including phenoxy) is 1. The monoisotopic (exact) mass is 373 g/mol. The van der Waals surface area contributed by atoms with E-state index in [4.69, 9.17) is 9.72 Å². The number of anilines is 3. The molecule has 2 aromatic carbocycles. The number of aromatic nitrogens is 3. The van der Waals surface area contributed by atoms with Gasteiger partial charge in [-0.15, -0.1) is 0 Å². The average molecular weight is 373 g/mol. The molecule has 2 aromatic heterocycles. The van der Waals surface area contributed by atoms with Crippen molar-refractivity contribution in [1.29, 1.82) is 0 Å². The molecule has 0 aliphatic carbocycles. The second kappa shape index (κ2) is 6.53. The van der Waals surface area contributed by atoms with E-state index in [-0.39, 0.29) is 5.91 Å². The van der Waals surface area contributed by atoms with Crippen LogP contribution in [0.1, 0.15) is 18.4 Å². The summed E-state index contributed by atoms with van der Waals surface area (Å²) in [7, 11) is 1.64. The fourth-order valence-electron chi connectivity index (χ4n) is 3.73. The van der Waals surface area contributed by atoms with E-state index in [1.165, 1.54) is 0 Å². The third-order valence-electron chi connectivity index (χ3n) is 5.11. The van der Waals surface area contributed by atoms with Crippen LogP contribution >= 0.6 is 0 Å². The highest BCUT2D eigenvalue weighted by Crippen LogP contribution is 2.34. The Morgan fingerprint density at radius 1 is 1.14 bits per heavy atom. The Balaban J connectivity index is 1.62. The Kier molecular flexibility index (Phi) is 3.86. The Labute approximate surface area is 161 Å². The lowest BCUT2D eigenvalue weighted by Gasteiger charge is -2.13. The lowest BCUT2D eigenvalue weighted by Crippen LogP contribution is -2.09. The van der Waals surface area contributed by atoms with Crippen molar-refractivity contribution < 1.29 is 9.53 Å². The highest BCUT2D eigenvalue weighted by Gasteiger charge is 2.16. The van der Waals surface area contributed by atoms with E-state index in [9.17, 15) is 4.79 Å². The molecule has 0 saturated heterocycles. The van der Waals surface area contributed by atoms with Gasteiger partial charge >= 0.3 is 0 Å². The van der Waals surface area contributed by atoms with Crippen molar-refractivity contribution >= 4 is 44.9 Å². The quantitative estimate of drug-likeness (QED) is 0.502. The molecule has 140 valence electrons. The van der Waals surface area contributed by atoms with Gasteiger partial charge in [0.2, 0.25) is 5.91 Å². The van der Waals surface area contributed by atoms with Crippen molar-refractivity contribution in [2.45, 2.75) is 19.3 Å². The van der Waals surface area contributed by atoms with Gasteiger partial charge in [-0.1, -0.05) is 18.2 Å². The fourth-order valence-corrected chi connectivity index (χ4v) is 3.73. The molecule has 0 saturated carbocycles. The Hall–Kier alpha value is -3.61. The number of fused-ring (bicyclic) bond motifs is 4. The largest absolute Gasteiger partial charge is 0.494 e. The minimum absolute atomic E-state index is 0.0559. The SMILES string of the molecule is COc1cccc2c1nc(Nc1ccc3c(c1)NC(=O)CCC3)c1[nH]ncc12. The van der Waals surface area contributed by atoms with E-state index in [0.717, 1.165) is 51.6 Å². The number of carbonyl (C=O) groups excluding carboxylic acids is 1. The molecule has 0 atom stereocenters. The summed E-state index contributed by atoms with van der Waals surface area (Å²) in [6.45, 7) is 0. The number of H-pyrrole nitrogens is 1. The van der Waals surface area contributed by atoms with Crippen molar-refractivity contribution in [3.05, 3.63) is 48.2 Å². The lowest BCUT2D eigenvalue weighted by molar-refractivity contribution is -0.116. The molecule has 3 N–H and O–H groups in total. The number of amides is 1. The first-order valence-corrected chi connectivity index (χ1v) is 9.22. The van der Waals surface area contributed by atoms with Crippen LogP contribution < -0.4 is 15.4 Å². The van der Waals surface area contributed by atoms with Crippen molar-refractivity contribution in [3.8, 4) is 5.75 Å². The summed E-state index contributed by atoms with van der Waals surface area (Å²) in [4.78, 5) is 16.7. The Morgan fingerprint density at radius 2 is 2.07 bits per heavy atom. The molecule has 7 nitrogen and oxygen atoms in total. The number of rotatable bonds is 3.